The largest absolute Gasteiger partial charge is 0.393 e. The average molecular weight is 218 g/mol. The highest BCUT2D eigenvalue weighted by atomic mass is 16.3. The zero-order valence-electron chi connectivity index (χ0n) is 9.63. The van der Waals surface area contributed by atoms with Crippen LogP contribution in [-0.2, 0) is 6.42 Å². The highest BCUT2D eigenvalue weighted by molar-refractivity contribution is 5.39. The molecule has 0 aliphatic carbocycles. The van der Waals surface area contributed by atoms with Gasteiger partial charge in [0.2, 0.25) is 0 Å². The third-order valence-electron chi connectivity index (χ3n) is 2.77. The van der Waals surface area contributed by atoms with Gasteiger partial charge < -0.3 is 9.51 Å². The second kappa shape index (κ2) is 5.12. The molecule has 0 fully saturated rings. The third-order valence-corrected chi connectivity index (χ3v) is 2.77. The lowest BCUT2D eigenvalue weighted by Crippen LogP contribution is -2.07. The fourth-order valence-electron chi connectivity index (χ4n) is 1.90. The van der Waals surface area contributed by atoms with Crippen molar-refractivity contribution in [1.82, 2.24) is 9.38 Å². The molecular formula is C13H18N2O. The van der Waals surface area contributed by atoms with Crippen LogP contribution in [0.4, 0.5) is 0 Å². The predicted octanol–water partition coefficient (Wildman–Crippen LogP) is 2.43. The lowest BCUT2D eigenvalue weighted by molar-refractivity contribution is 0.153. The molecule has 1 N–H and O–H groups in total. The maximum atomic E-state index is 9.65. The smallest absolute Gasteiger partial charge is 0.136 e. The summed E-state index contributed by atoms with van der Waals surface area (Å²) in [6.07, 6.45) is 7.41. The third kappa shape index (κ3) is 2.61. The highest BCUT2D eigenvalue weighted by Gasteiger charge is 2.05. The van der Waals surface area contributed by atoms with E-state index in [9.17, 15) is 5.11 Å². The van der Waals surface area contributed by atoms with Crippen molar-refractivity contribution in [2.24, 2.45) is 0 Å². The van der Waals surface area contributed by atoms with Gasteiger partial charge in [0.15, 0.2) is 0 Å². The van der Waals surface area contributed by atoms with Crippen molar-refractivity contribution in [1.29, 1.82) is 0 Å². The van der Waals surface area contributed by atoms with Gasteiger partial charge in [0, 0.05) is 12.4 Å². The minimum absolute atomic E-state index is 0.185. The molecule has 1 atom stereocenters. The summed E-state index contributed by atoms with van der Waals surface area (Å²) in [5.41, 5.74) is 2.03. The number of aliphatic hydroxyl groups is 1. The quantitative estimate of drug-likeness (QED) is 0.837. The van der Waals surface area contributed by atoms with Gasteiger partial charge in [-0.2, -0.15) is 0 Å². The summed E-state index contributed by atoms with van der Waals surface area (Å²) in [7, 11) is 0. The maximum absolute atomic E-state index is 9.65. The van der Waals surface area contributed by atoms with Crippen LogP contribution in [0.15, 0.2) is 30.6 Å². The molecule has 2 aromatic heterocycles. The number of pyridine rings is 1. The number of rotatable bonds is 5. The van der Waals surface area contributed by atoms with Gasteiger partial charge in [-0.15, -0.1) is 0 Å². The van der Waals surface area contributed by atoms with Gasteiger partial charge in [-0.25, -0.2) is 4.98 Å². The summed E-state index contributed by atoms with van der Waals surface area (Å²) in [5, 5.41) is 9.65. The van der Waals surface area contributed by atoms with Gasteiger partial charge in [0.05, 0.1) is 11.8 Å². The number of imidazole rings is 1. The van der Waals surface area contributed by atoms with Crippen LogP contribution in [0.25, 0.3) is 5.65 Å². The van der Waals surface area contributed by atoms with Crippen molar-refractivity contribution in [3.05, 3.63) is 36.3 Å². The van der Waals surface area contributed by atoms with E-state index < -0.39 is 0 Å². The summed E-state index contributed by atoms with van der Waals surface area (Å²) in [4.78, 5) is 4.50. The first-order valence-corrected chi connectivity index (χ1v) is 5.90. The van der Waals surface area contributed by atoms with Crippen LogP contribution in [0.5, 0.6) is 0 Å². The first kappa shape index (κ1) is 11.1. The average Bonchev–Trinajstić information content (AvgIpc) is 2.69. The molecule has 16 heavy (non-hydrogen) atoms. The second-order valence-corrected chi connectivity index (χ2v) is 4.18. The Bertz CT molecular complexity index is 417. The number of hydrogen-bond acceptors (Lipinski definition) is 2. The number of aliphatic hydroxyl groups excluding tert-OH is 1. The summed E-state index contributed by atoms with van der Waals surface area (Å²) in [6, 6.07) is 5.97. The van der Waals surface area contributed by atoms with Gasteiger partial charge in [-0.1, -0.05) is 19.4 Å². The molecule has 2 aromatic rings. The van der Waals surface area contributed by atoms with Crippen LogP contribution in [0, 0.1) is 0 Å². The molecule has 0 radical (unpaired) electrons. The summed E-state index contributed by atoms with van der Waals surface area (Å²) < 4.78 is 2.02. The summed E-state index contributed by atoms with van der Waals surface area (Å²) >= 11 is 0. The SMILES string of the molecule is CCCC(O)CCc1cn2ccccc2n1. The Morgan fingerprint density at radius 1 is 1.38 bits per heavy atom. The van der Waals surface area contributed by atoms with Gasteiger partial charge in [0.25, 0.3) is 0 Å². The van der Waals surface area contributed by atoms with Gasteiger partial charge in [-0.3, -0.25) is 0 Å². The van der Waals surface area contributed by atoms with E-state index in [1.807, 2.05) is 35.0 Å². The minimum atomic E-state index is -0.185. The van der Waals surface area contributed by atoms with E-state index in [4.69, 9.17) is 0 Å². The zero-order valence-corrected chi connectivity index (χ0v) is 9.63. The Morgan fingerprint density at radius 2 is 2.25 bits per heavy atom. The molecule has 2 rings (SSSR count). The van der Waals surface area contributed by atoms with E-state index >= 15 is 0 Å². The first-order chi connectivity index (χ1) is 7.79. The molecule has 3 heteroatoms. The first-order valence-electron chi connectivity index (χ1n) is 5.90. The van der Waals surface area contributed by atoms with Gasteiger partial charge in [0.1, 0.15) is 5.65 Å². The topological polar surface area (TPSA) is 37.5 Å². The number of fused-ring (bicyclic) bond motifs is 1. The Morgan fingerprint density at radius 3 is 3.00 bits per heavy atom. The van der Waals surface area contributed by atoms with E-state index in [1.165, 1.54) is 0 Å². The van der Waals surface area contributed by atoms with E-state index in [0.717, 1.165) is 37.0 Å². The maximum Gasteiger partial charge on any atom is 0.136 e. The van der Waals surface area contributed by atoms with Crippen molar-refractivity contribution in [2.45, 2.75) is 38.7 Å². The van der Waals surface area contributed by atoms with Crippen LogP contribution >= 0.6 is 0 Å². The number of hydrogen-bond donors (Lipinski definition) is 1. The number of nitrogens with zero attached hydrogens (tertiary/aromatic N) is 2. The fourth-order valence-corrected chi connectivity index (χ4v) is 1.90. The van der Waals surface area contributed by atoms with Crippen molar-refractivity contribution < 1.29 is 5.11 Å². The van der Waals surface area contributed by atoms with Crippen LogP contribution < -0.4 is 0 Å². The molecule has 0 spiro atoms. The molecule has 1 unspecified atom stereocenters. The van der Waals surface area contributed by atoms with Gasteiger partial charge in [-0.05, 0) is 31.4 Å². The Hall–Kier alpha value is -1.35. The molecule has 0 saturated heterocycles. The Balaban J connectivity index is 1.99. The standard InChI is InChI=1S/C13H18N2O/c1-2-5-12(16)8-7-11-10-15-9-4-3-6-13(15)14-11/h3-4,6,9-10,12,16H,2,5,7-8H2,1H3. The predicted molar refractivity (Wildman–Crippen MR) is 64.4 cm³/mol. The number of aryl methyl sites for hydroxylation is 1. The lowest BCUT2D eigenvalue weighted by atomic mass is 10.1. The number of aromatic nitrogens is 2. The normalized spacial score (nSPS) is 13.1. The summed E-state index contributed by atoms with van der Waals surface area (Å²) in [6.45, 7) is 2.09. The molecule has 0 saturated carbocycles. The van der Waals surface area contributed by atoms with Crippen molar-refractivity contribution in [2.75, 3.05) is 0 Å². The van der Waals surface area contributed by atoms with Crippen molar-refractivity contribution in [3.63, 3.8) is 0 Å². The molecule has 0 aliphatic heterocycles. The van der Waals surface area contributed by atoms with E-state index in [2.05, 4.69) is 11.9 Å². The molecule has 0 aliphatic rings. The Labute approximate surface area is 95.8 Å². The van der Waals surface area contributed by atoms with Crippen LogP contribution in [0.2, 0.25) is 0 Å². The van der Waals surface area contributed by atoms with Crippen LogP contribution in [0.3, 0.4) is 0 Å². The monoisotopic (exact) mass is 218 g/mol. The van der Waals surface area contributed by atoms with Crippen LogP contribution in [-0.4, -0.2) is 20.6 Å². The second-order valence-electron chi connectivity index (χ2n) is 4.18. The summed E-state index contributed by atoms with van der Waals surface area (Å²) in [5.74, 6) is 0. The van der Waals surface area contributed by atoms with Gasteiger partial charge >= 0.3 is 0 Å². The Kier molecular flexibility index (Phi) is 3.57. The van der Waals surface area contributed by atoms with Crippen molar-refractivity contribution in [3.8, 4) is 0 Å². The van der Waals surface area contributed by atoms with E-state index in [1.54, 1.807) is 0 Å². The fraction of sp³-hybridized carbons (Fsp3) is 0.462. The zero-order chi connectivity index (χ0) is 11.4. The molecule has 3 nitrogen and oxygen atoms in total. The molecular weight excluding hydrogens is 200 g/mol. The lowest BCUT2D eigenvalue weighted by Gasteiger charge is -2.06. The molecule has 0 amide bonds. The molecule has 0 bridgehead atoms. The highest BCUT2D eigenvalue weighted by Crippen LogP contribution is 2.09. The van der Waals surface area contributed by atoms with E-state index in [-0.39, 0.29) is 6.10 Å². The molecule has 86 valence electrons. The van der Waals surface area contributed by atoms with Crippen molar-refractivity contribution >= 4 is 5.65 Å². The van der Waals surface area contributed by atoms with E-state index in [0.29, 0.717) is 0 Å². The minimum Gasteiger partial charge on any atom is -0.393 e. The molecule has 0 aromatic carbocycles. The molecule has 2 heterocycles. The van der Waals surface area contributed by atoms with Crippen LogP contribution in [0.1, 0.15) is 31.9 Å².